The van der Waals surface area contributed by atoms with Crippen LogP contribution in [0.2, 0.25) is 0 Å². The molecular formula is C18H35NO2. The first-order valence-corrected chi connectivity index (χ1v) is 9.25. The second kappa shape index (κ2) is 9.12. The van der Waals surface area contributed by atoms with E-state index in [4.69, 9.17) is 9.47 Å². The summed E-state index contributed by atoms with van der Waals surface area (Å²) in [6.07, 6.45) is 11.4. The molecular weight excluding hydrogens is 262 g/mol. The van der Waals surface area contributed by atoms with Gasteiger partial charge in [0.2, 0.25) is 0 Å². The Bertz CT molecular complexity index is 271. The van der Waals surface area contributed by atoms with E-state index in [9.17, 15) is 0 Å². The minimum Gasteiger partial charge on any atom is -0.380 e. The van der Waals surface area contributed by atoms with Crippen LogP contribution in [-0.2, 0) is 9.47 Å². The van der Waals surface area contributed by atoms with Gasteiger partial charge < -0.3 is 14.8 Å². The van der Waals surface area contributed by atoms with Crippen LogP contribution >= 0.6 is 0 Å². The van der Waals surface area contributed by atoms with E-state index in [-0.39, 0.29) is 5.60 Å². The molecule has 0 bridgehead atoms. The van der Waals surface area contributed by atoms with Crippen LogP contribution in [0.25, 0.3) is 0 Å². The fourth-order valence-corrected chi connectivity index (χ4v) is 4.00. The lowest BCUT2D eigenvalue weighted by Gasteiger charge is -2.45. The van der Waals surface area contributed by atoms with Crippen molar-refractivity contribution in [3.63, 3.8) is 0 Å². The average Bonchev–Trinajstić information content (AvgIpc) is 2.51. The summed E-state index contributed by atoms with van der Waals surface area (Å²) in [5.74, 6) is 0.722. The zero-order valence-electron chi connectivity index (χ0n) is 14.2. The summed E-state index contributed by atoms with van der Waals surface area (Å²) in [5, 5.41) is 3.74. The fraction of sp³-hybridized carbons (Fsp3) is 1.00. The smallest absolute Gasteiger partial charge is 0.0685 e. The van der Waals surface area contributed by atoms with E-state index >= 15 is 0 Å². The summed E-state index contributed by atoms with van der Waals surface area (Å²) in [4.78, 5) is 0. The summed E-state index contributed by atoms with van der Waals surface area (Å²) in [5.41, 5.74) is 0.206. The minimum atomic E-state index is 0.206. The van der Waals surface area contributed by atoms with E-state index in [1.807, 2.05) is 0 Å². The summed E-state index contributed by atoms with van der Waals surface area (Å²) in [7, 11) is 0. The summed E-state index contributed by atoms with van der Waals surface area (Å²) in [6, 6.07) is 0.513. The maximum atomic E-state index is 6.25. The van der Waals surface area contributed by atoms with Gasteiger partial charge in [-0.15, -0.1) is 0 Å². The van der Waals surface area contributed by atoms with Crippen molar-refractivity contribution in [1.82, 2.24) is 5.32 Å². The van der Waals surface area contributed by atoms with Crippen molar-refractivity contribution in [2.75, 3.05) is 26.4 Å². The van der Waals surface area contributed by atoms with Gasteiger partial charge in [-0.1, -0.05) is 33.1 Å². The second-order valence-electron chi connectivity index (χ2n) is 6.98. The van der Waals surface area contributed by atoms with Crippen molar-refractivity contribution in [3.05, 3.63) is 0 Å². The van der Waals surface area contributed by atoms with Crippen LogP contribution in [0.5, 0.6) is 0 Å². The Balaban J connectivity index is 1.90. The van der Waals surface area contributed by atoms with Crippen molar-refractivity contribution in [1.29, 1.82) is 0 Å². The molecule has 0 aromatic rings. The highest BCUT2D eigenvalue weighted by atomic mass is 16.5. The molecule has 2 unspecified atom stereocenters. The molecule has 0 amide bonds. The topological polar surface area (TPSA) is 30.5 Å². The van der Waals surface area contributed by atoms with Gasteiger partial charge in [-0.3, -0.25) is 0 Å². The first-order valence-electron chi connectivity index (χ1n) is 9.25. The summed E-state index contributed by atoms with van der Waals surface area (Å²) in [6.45, 7) is 8.23. The van der Waals surface area contributed by atoms with Gasteiger partial charge in [0.25, 0.3) is 0 Å². The highest BCUT2D eigenvalue weighted by Crippen LogP contribution is 2.41. The van der Waals surface area contributed by atoms with E-state index in [1.165, 1.54) is 51.4 Å². The predicted octanol–water partition coefficient (Wildman–Crippen LogP) is 3.91. The molecule has 1 saturated carbocycles. The van der Waals surface area contributed by atoms with E-state index < -0.39 is 0 Å². The van der Waals surface area contributed by atoms with Crippen LogP contribution in [-0.4, -0.2) is 38.0 Å². The lowest BCUT2D eigenvalue weighted by molar-refractivity contribution is -0.124. The van der Waals surface area contributed by atoms with Crippen molar-refractivity contribution in [2.45, 2.75) is 83.3 Å². The zero-order valence-corrected chi connectivity index (χ0v) is 14.2. The van der Waals surface area contributed by atoms with E-state index in [0.29, 0.717) is 6.04 Å². The molecule has 1 saturated heterocycles. The molecule has 0 aromatic heterocycles. The van der Waals surface area contributed by atoms with Crippen LogP contribution in [0, 0.1) is 5.92 Å². The Labute approximate surface area is 131 Å². The van der Waals surface area contributed by atoms with Crippen molar-refractivity contribution in [3.8, 4) is 0 Å². The number of nitrogens with one attached hydrogen (secondary N) is 1. The van der Waals surface area contributed by atoms with E-state index in [2.05, 4.69) is 19.2 Å². The van der Waals surface area contributed by atoms with E-state index in [0.717, 1.165) is 38.7 Å². The van der Waals surface area contributed by atoms with Crippen LogP contribution in [0.3, 0.4) is 0 Å². The summed E-state index contributed by atoms with van der Waals surface area (Å²) >= 11 is 0. The number of ether oxygens (including phenoxy) is 2. The molecule has 3 heteroatoms. The van der Waals surface area contributed by atoms with Crippen molar-refractivity contribution >= 4 is 0 Å². The predicted molar refractivity (Wildman–Crippen MR) is 87.7 cm³/mol. The highest BCUT2D eigenvalue weighted by molar-refractivity contribution is 4.93. The Morgan fingerprint density at radius 1 is 1.19 bits per heavy atom. The van der Waals surface area contributed by atoms with Gasteiger partial charge in [-0.2, -0.15) is 0 Å². The lowest BCUT2D eigenvalue weighted by Crippen LogP contribution is -2.49. The Hall–Kier alpha value is -0.120. The SMILES string of the molecule is CCCNC(COCCC)C1CCOC2(CCCCC2)C1. The average molecular weight is 297 g/mol. The fourth-order valence-electron chi connectivity index (χ4n) is 4.00. The molecule has 1 aliphatic heterocycles. The van der Waals surface area contributed by atoms with Crippen LogP contribution < -0.4 is 5.32 Å². The Morgan fingerprint density at radius 2 is 2.00 bits per heavy atom. The summed E-state index contributed by atoms with van der Waals surface area (Å²) < 4.78 is 12.1. The third-order valence-corrected chi connectivity index (χ3v) is 5.17. The zero-order chi connectivity index (χ0) is 15.0. The minimum absolute atomic E-state index is 0.206. The molecule has 2 aliphatic rings. The van der Waals surface area contributed by atoms with Crippen molar-refractivity contribution < 1.29 is 9.47 Å². The molecule has 1 spiro atoms. The highest BCUT2D eigenvalue weighted by Gasteiger charge is 2.40. The molecule has 124 valence electrons. The molecule has 1 heterocycles. The molecule has 2 fully saturated rings. The molecule has 2 rings (SSSR count). The third kappa shape index (κ3) is 5.22. The normalized spacial score (nSPS) is 26.9. The first kappa shape index (κ1) is 17.2. The van der Waals surface area contributed by atoms with Crippen LogP contribution in [0.4, 0.5) is 0 Å². The molecule has 0 aromatic carbocycles. The third-order valence-electron chi connectivity index (χ3n) is 5.17. The number of hydrogen-bond donors (Lipinski definition) is 1. The quantitative estimate of drug-likeness (QED) is 0.689. The molecule has 1 aliphatic carbocycles. The Kier molecular flexibility index (Phi) is 7.48. The maximum Gasteiger partial charge on any atom is 0.0685 e. The number of hydrogen-bond acceptors (Lipinski definition) is 3. The Morgan fingerprint density at radius 3 is 2.71 bits per heavy atom. The van der Waals surface area contributed by atoms with Gasteiger partial charge in [-0.05, 0) is 51.0 Å². The van der Waals surface area contributed by atoms with Gasteiger partial charge in [-0.25, -0.2) is 0 Å². The van der Waals surface area contributed by atoms with Gasteiger partial charge >= 0.3 is 0 Å². The monoisotopic (exact) mass is 297 g/mol. The second-order valence-corrected chi connectivity index (χ2v) is 6.98. The van der Waals surface area contributed by atoms with Crippen LogP contribution in [0.15, 0.2) is 0 Å². The van der Waals surface area contributed by atoms with E-state index in [1.54, 1.807) is 0 Å². The number of rotatable bonds is 8. The van der Waals surface area contributed by atoms with Gasteiger partial charge in [0, 0.05) is 19.3 Å². The molecule has 2 atom stereocenters. The lowest BCUT2D eigenvalue weighted by atomic mass is 9.74. The maximum absolute atomic E-state index is 6.25. The van der Waals surface area contributed by atoms with Gasteiger partial charge in [0.1, 0.15) is 0 Å². The molecule has 1 N–H and O–H groups in total. The van der Waals surface area contributed by atoms with Crippen LogP contribution in [0.1, 0.15) is 71.6 Å². The van der Waals surface area contributed by atoms with Gasteiger partial charge in [0.15, 0.2) is 0 Å². The van der Waals surface area contributed by atoms with Gasteiger partial charge in [0.05, 0.1) is 12.2 Å². The first-order chi connectivity index (χ1) is 10.3. The molecule has 0 radical (unpaired) electrons. The molecule has 21 heavy (non-hydrogen) atoms. The largest absolute Gasteiger partial charge is 0.380 e. The van der Waals surface area contributed by atoms with Crippen molar-refractivity contribution in [2.24, 2.45) is 5.92 Å². The standard InChI is InChI=1S/C18H35NO2/c1-3-11-19-17(15-20-12-4-2)16-8-13-21-18(14-16)9-6-5-7-10-18/h16-17,19H,3-15H2,1-2H3. The molecule has 3 nitrogen and oxygen atoms in total.